The molecule has 0 radical (unpaired) electrons. The van der Waals surface area contributed by atoms with E-state index in [4.69, 9.17) is 11.1 Å². The van der Waals surface area contributed by atoms with E-state index in [2.05, 4.69) is 36.4 Å². The van der Waals surface area contributed by atoms with Crippen LogP contribution in [0.15, 0.2) is 17.5 Å². The molecule has 0 amide bonds. The summed E-state index contributed by atoms with van der Waals surface area (Å²) in [5, 5.41) is 9.29. The summed E-state index contributed by atoms with van der Waals surface area (Å²) in [7, 11) is 2.08. The van der Waals surface area contributed by atoms with Gasteiger partial charge in [-0.15, -0.1) is 11.3 Å². The lowest BCUT2D eigenvalue weighted by Gasteiger charge is -2.23. The predicted molar refractivity (Wildman–Crippen MR) is 66.6 cm³/mol. The molecule has 0 aliphatic heterocycles. The molecule has 1 aromatic heterocycles. The first-order chi connectivity index (χ1) is 7.09. The number of hydrogen-bond donors (Lipinski definition) is 2. The van der Waals surface area contributed by atoms with Crippen molar-refractivity contribution in [3.63, 3.8) is 0 Å². The van der Waals surface area contributed by atoms with Crippen LogP contribution in [-0.4, -0.2) is 30.4 Å². The molecule has 1 atom stereocenters. The van der Waals surface area contributed by atoms with Crippen molar-refractivity contribution in [2.24, 2.45) is 5.73 Å². The maximum absolute atomic E-state index is 7.18. The van der Waals surface area contributed by atoms with Crippen molar-refractivity contribution >= 4 is 17.2 Å². The van der Waals surface area contributed by atoms with Gasteiger partial charge in [0.1, 0.15) is 0 Å². The quantitative estimate of drug-likeness (QED) is 0.574. The maximum atomic E-state index is 7.18. The number of hydrogen-bond acceptors (Lipinski definition) is 3. The Morgan fingerprint density at radius 1 is 1.67 bits per heavy atom. The fourth-order valence-electron chi connectivity index (χ4n) is 1.39. The summed E-state index contributed by atoms with van der Waals surface area (Å²) < 4.78 is 0. The van der Waals surface area contributed by atoms with Gasteiger partial charge in [0.15, 0.2) is 0 Å². The molecule has 0 spiro atoms. The molecular formula is C11H19N3S. The van der Waals surface area contributed by atoms with E-state index in [-0.39, 0.29) is 5.84 Å². The first kappa shape index (κ1) is 12.2. The summed E-state index contributed by atoms with van der Waals surface area (Å²) in [6.07, 6.45) is 1.73. The highest BCUT2D eigenvalue weighted by Crippen LogP contribution is 2.13. The Morgan fingerprint density at radius 2 is 2.40 bits per heavy atom. The number of nitrogens with zero attached hydrogens (tertiary/aromatic N) is 1. The fraction of sp³-hybridized carbons (Fsp3) is 0.545. The Hall–Kier alpha value is -0.870. The Bertz CT molecular complexity index is 295. The Morgan fingerprint density at radius 3 is 2.93 bits per heavy atom. The molecule has 15 heavy (non-hydrogen) atoms. The molecule has 0 fully saturated rings. The third-order valence-electron chi connectivity index (χ3n) is 2.56. The van der Waals surface area contributed by atoms with Crippen molar-refractivity contribution in [1.82, 2.24) is 4.90 Å². The van der Waals surface area contributed by atoms with Crippen LogP contribution in [0.1, 0.15) is 18.2 Å². The lowest BCUT2D eigenvalue weighted by molar-refractivity contribution is 0.264. The second kappa shape index (κ2) is 5.88. The zero-order chi connectivity index (χ0) is 11.3. The van der Waals surface area contributed by atoms with Gasteiger partial charge in [0, 0.05) is 23.9 Å². The van der Waals surface area contributed by atoms with Crippen molar-refractivity contribution in [2.75, 3.05) is 13.6 Å². The minimum atomic E-state index is 0.269. The average molecular weight is 225 g/mol. The molecule has 4 heteroatoms. The molecular weight excluding hydrogens is 206 g/mol. The van der Waals surface area contributed by atoms with E-state index in [1.54, 1.807) is 11.3 Å². The minimum Gasteiger partial charge on any atom is -0.388 e. The topological polar surface area (TPSA) is 53.1 Å². The van der Waals surface area contributed by atoms with Gasteiger partial charge < -0.3 is 10.6 Å². The van der Waals surface area contributed by atoms with Crippen molar-refractivity contribution in [3.05, 3.63) is 22.4 Å². The van der Waals surface area contributed by atoms with Crippen LogP contribution in [0.3, 0.4) is 0 Å². The molecule has 1 aromatic rings. The van der Waals surface area contributed by atoms with Crippen molar-refractivity contribution in [3.8, 4) is 0 Å². The molecule has 0 aliphatic rings. The second-order valence-corrected chi connectivity index (χ2v) is 4.92. The largest absolute Gasteiger partial charge is 0.388 e. The molecule has 84 valence electrons. The SMILES string of the molecule is CC(Cc1cccs1)N(C)CCC(=N)N. The van der Waals surface area contributed by atoms with Crippen LogP contribution in [0.5, 0.6) is 0 Å². The summed E-state index contributed by atoms with van der Waals surface area (Å²) in [6, 6.07) is 4.76. The van der Waals surface area contributed by atoms with E-state index >= 15 is 0 Å². The minimum absolute atomic E-state index is 0.269. The highest BCUT2D eigenvalue weighted by atomic mass is 32.1. The van der Waals surface area contributed by atoms with Crippen LogP contribution in [0.25, 0.3) is 0 Å². The predicted octanol–water partition coefficient (Wildman–Crippen LogP) is 1.94. The molecule has 3 N–H and O–H groups in total. The van der Waals surface area contributed by atoms with Crippen LogP contribution >= 0.6 is 11.3 Å². The van der Waals surface area contributed by atoms with E-state index in [0.29, 0.717) is 12.5 Å². The highest BCUT2D eigenvalue weighted by Gasteiger charge is 2.10. The molecule has 0 aromatic carbocycles. The van der Waals surface area contributed by atoms with E-state index in [1.807, 2.05) is 0 Å². The Kier molecular flexibility index (Phi) is 4.78. The van der Waals surface area contributed by atoms with Crippen molar-refractivity contribution in [1.29, 1.82) is 5.41 Å². The normalized spacial score (nSPS) is 13.0. The molecule has 0 bridgehead atoms. The van der Waals surface area contributed by atoms with Crippen LogP contribution in [0.2, 0.25) is 0 Å². The van der Waals surface area contributed by atoms with Gasteiger partial charge >= 0.3 is 0 Å². The summed E-state index contributed by atoms with van der Waals surface area (Å²) in [4.78, 5) is 3.67. The van der Waals surface area contributed by atoms with Gasteiger partial charge in [0.25, 0.3) is 0 Å². The van der Waals surface area contributed by atoms with Crippen LogP contribution in [0, 0.1) is 5.41 Å². The third kappa shape index (κ3) is 4.44. The van der Waals surface area contributed by atoms with Crippen LogP contribution in [0.4, 0.5) is 0 Å². The van der Waals surface area contributed by atoms with Gasteiger partial charge in [-0.1, -0.05) is 6.07 Å². The van der Waals surface area contributed by atoms with Gasteiger partial charge in [-0.05, 0) is 31.8 Å². The van der Waals surface area contributed by atoms with Crippen molar-refractivity contribution < 1.29 is 0 Å². The number of amidine groups is 1. The third-order valence-corrected chi connectivity index (χ3v) is 3.46. The molecule has 0 saturated heterocycles. The van der Waals surface area contributed by atoms with Gasteiger partial charge in [0.2, 0.25) is 0 Å². The van der Waals surface area contributed by atoms with E-state index < -0.39 is 0 Å². The molecule has 0 saturated carbocycles. The first-order valence-corrected chi connectivity index (χ1v) is 6.03. The maximum Gasteiger partial charge on any atom is 0.0918 e. The number of rotatable bonds is 6. The summed E-state index contributed by atoms with van der Waals surface area (Å²) in [5.74, 6) is 0.269. The molecule has 1 rings (SSSR count). The van der Waals surface area contributed by atoms with Gasteiger partial charge in [-0.2, -0.15) is 0 Å². The lowest BCUT2D eigenvalue weighted by atomic mass is 10.2. The number of nitrogens with one attached hydrogen (secondary N) is 1. The molecule has 3 nitrogen and oxygen atoms in total. The highest BCUT2D eigenvalue weighted by molar-refractivity contribution is 7.09. The Balaban J connectivity index is 2.33. The molecule has 0 aliphatic carbocycles. The number of likely N-dealkylation sites (N-methyl/N-ethyl adjacent to an activating group) is 1. The first-order valence-electron chi connectivity index (χ1n) is 5.15. The monoisotopic (exact) mass is 225 g/mol. The van der Waals surface area contributed by atoms with E-state index in [0.717, 1.165) is 13.0 Å². The van der Waals surface area contributed by atoms with E-state index in [1.165, 1.54) is 4.88 Å². The van der Waals surface area contributed by atoms with Crippen molar-refractivity contribution in [2.45, 2.75) is 25.8 Å². The van der Waals surface area contributed by atoms with E-state index in [9.17, 15) is 0 Å². The average Bonchev–Trinajstić information content (AvgIpc) is 2.66. The van der Waals surface area contributed by atoms with Gasteiger partial charge in [-0.3, -0.25) is 5.41 Å². The second-order valence-electron chi connectivity index (χ2n) is 3.89. The molecule has 1 unspecified atom stereocenters. The number of thiophene rings is 1. The summed E-state index contributed by atoms with van der Waals surface area (Å²) >= 11 is 1.80. The summed E-state index contributed by atoms with van der Waals surface area (Å²) in [6.45, 7) is 3.07. The standard InChI is InChI=1S/C11H19N3S/c1-9(8-10-4-3-7-15-10)14(2)6-5-11(12)13/h3-4,7,9H,5-6,8H2,1-2H3,(H3,12,13). The van der Waals surface area contributed by atoms with Crippen LogP contribution < -0.4 is 5.73 Å². The van der Waals surface area contributed by atoms with Gasteiger partial charge in [-0.25, -0.2) is 0 Å². The fourth-order valence-corrected chi connectivity index (χ4v) is 2.22. The summed E-state index contributed by atoms with van der Waals surface area (Å²) in [5.41, 5.74) is 5.34. The zero-order valence-corrected chi connectivity index (χ0v) is 10.2. The molecule has 1 heterocycles. The Labute approximate surface area is 95.4 Å². The lowest BCUT2D eigenvalue weighted by Crippen LogP contribution is -2.33. The number of nitrogens with two attached hydrogens (primary N) is 1. The smallest absolute Gasteiger partial charge is 0.0918 e. The van der Waals surface area contributed by atoms with Crippen LogP contribution in [-0.2, 0) is 6.42 Å². The zero-order valence-electron chi connectivity index (χ0n) is 9.36. The van der Waals surface area contributed by atoms with Gasteiger partial charge in [0.05, 0.1) is 5.84 Å².